The first-order chi connectivity index (χ1) is 16.3. The van der Waals surface area contributed by atoms with Gasteiger partial charge < -0.3 is 14.6 Å². The summed E-state index contributed by atoms with van der Waals surface area (Å²) in [5.41, 5.74) is 4.76. The number of β-amino-alcohol motifs (C(OH)–C–C–N with tert-alkyl or cyclic N) is 1. The Bertz CT molecular complexity index is 1140. The number of hydrogen-bond donors (Lipinski definition) is 1. The molecule has 2 aromatic carbocycles. The normalized spacial score (nSPS) is 15.5. The molecule has 1 aliphatic rings. The van der Waals surface area contributed by atoms with Crippen LogP contribution in [0.3, 0.4) is 0 Å². The zero-order valence-corrected chi connectivity index (χ0v) is 21.2. The standard InChI is InChI=1S/C27H31Cl2N3O2/c1-19-22(17-25(30(19)2)20-7-4-3-5-8-20)26(34)12-11-21(33)18-31-13-15-32(16-14-31)24-10-6-9-23(28)27(24)29/h3-10,17,21,33H,11-16,18H2,1-2H3. The van der Waals surface area contributed by atoms with E-state index in [0.29, 0.717) is 29.4 Å². The fourth-order valence-corrected chi connectivity index (χ4v) is 5.01. The number of aliphatic hydroxyl groups excluding tert-OH is 1. The predicted octanol–water partition coefficient (Wildman–Crippen LogP) is 5.45. The van der Waals surface area contributed by atoms with E-state index >= 15 is 0 Å². The lowest BCUT2D eigenvalue weighted by molar-refractivity contribution is 0.0850. The van der Waals surface area contributed by atoms with Crippen LogP contribution in [-0.2, 0) is 7.05 Å². The maximum Gasteiger partial charge on any atom is 0.164 e. The van der Waals surface area contributed by atoms with E-state index in [-0.39, 0.29) is 5.78 Å². The molecule has 2 heterocycles. The minimum atomic E-state index is -0.539. The van der Waals surface area contributed by atoms with Crippen molar-refractivity contribution in [2.75, 3.05) is 37.6 Å². The summed E-state index contributed by atoms with van der Waals surface area (Å²) in [7, 11) is 1.99. The van der Waals surface area contributed by atoms with Crippen molar-refractivity contribution in [1.29, 1.82) is 0 Å². The molecule has 3 aromatic rings. The number of aromatic nitrogens is 1. The van der Waals surface area contributed by atoms with E-state index in [1.807, 2.05) is 62.5 Å². The van der Waals surface area contributed by atoms with Gasteiger partial charge in [-0.05, 0) is 37.1 Å². The second-order valence-corrected chi connectivity index (χ2v) is 9.72. The number of carbonyl (C=O) groups is 1. The third-order valence-electron chi connectivity index (χ3n) is 6.72. The van der Waals surface area contributed by atoms with Crippen LogP contribution in [0.4, 0.5) is 5.69 Å². The van der Waals surface area contributed by atoms with Crippen molar-refractivity contribution in [2.24, 2.45) is 7.05 Å². The van der Waals surface area contributed by atoms with Crippen LogP contribution >= 0.6 is 23.2 Å². The van der Waals surface area contributed by atoms with Crippen LogP contribution in [0.1, 0.15) is 28.9 Å². The average molecular weight is 500 g/mol. The summed E-state index contributed by atoms with van der Waals surface area (Å²) in [6, 6.07) is 17.7. The van der Waals surface area contributed by atoms with Crippen LogP contribution in [0.2, 0.25) is 10.0 Å². The highest BCUT2D eigenvalue weighted by Gasteiger charge is 2.23. The molecular formula is C27H31Cl2N3O2. The summed E-state index contributed by atoms with van der Waals surface area (Å²) in [4.78, 5) is 17.4. The molecule has 180 valence electrons. The van der Waals surface area contributed by atoms with E-state index in [1.54, 1.807) is 6.07 Å². The first-order valence-corrected chi connectivity index (χ1v) is 12.4. The molecule has 0 spiro atoms. The Kier molecular flexibility index (Phi) is 7.99. The van der Waals surface area contributed by atoms with Crippen LogP contribution in [0.25, 0.3) is 11.3 Å². The molecule has 1 atom stereocenters. The van der Waals surface area contributed by atoms with E-state index in [1.165, 1.54) is 0 Å². The number of aliphatic hydroxyl groups is 1. The molecule has 0 amide bonds. The Hall–Kier alpha value is -2.31. The zero-order chi connectivity index (χ0) is 24.2. The van der Waals surface area contributed by atoms with Crippen molar-refractivity contribution in [2.45, 2.75) is 25.9 Å². The molecule has 0 radical (unpaired) electrons. The zero-order valence-electron chi connectivity index (χ0n) is 19.7. The minimum Gasteiger partial charge on any atom is -0.392 e. The maximum atomic E-state index is 13.0. The summed E-state index contributed by atoms with van der Waals surface area (Å²) in [6.45, 7) is 5.82. The third kappa shape index (κ3) is 5.49. The number of hydrogen-bond acceptors (Lipinski definition) is 4. The molecule has 0 saturated carbocycles. The van der Waals surface area contributed by atoms with Crippen molar-refractivity contribution in [3.63, 3.8) is 0 Å². The molecule has 4 rings (SSSR count). The monoisotopic (exact) mass is 499 g/mol. The number of rotatable bonds is 8. The van der Waals surface area contributed by atoms with Gasteiger partial charge in [-0.25, -0.2) is 0 Å². The van der Waals surface area contributed by atoms with E-state index in [9.17, 15) is 9.90 Å². The average Bonchev–Trinajstić information content (AvgIpc) is 3.15. The second-order valence-electron chi connectivity index (χ2n) is 8.93. The number of benzene rings is 2. The smallest absolute Gasteiger partial charge is 0.164 e. The Balaban J connectivity index is 1.28. The van der Waals surface area contributed by atoms with Gasteiger partial charge in [-0.15, -0.1) is 0 Å². The van der Waals surface area contributed by atoms with E-state index in [4.69, 9.17) is 23.2 Å². The van der Waals surface area contributed by atoms with Gasteiger partial charge in [0, 0.05) is 63.1 Å². The van der Waals surface area contributed by atoms with Crippen LogP contribution in [-0.4, -0.2) is 59.2 Å². The Morgan fingerprint density at radius 2 is 1.74 bits per heavy atom. The number of piperazine rings is 1. The fraction of sp³-hybridized carbons (Fsp3) is 0.370. The Labute approximate surface area is 211 Å². The molecule has 34 heavy (non-hydrogen) atoms. The summed E-state index contributed by atoms with van der Waals surface area (Å²) >= 11 is 12.5. The van der Waals surface area contributed by atoms with E-state index < -0.39 is 6.10 Å². The second kappa shape index (κ2) is 11.0. The number of anilines is 1. The summed E-state index contributed by atoms with van der Waals surface area (Å²) in [5, 5.41) is 11.8. The molecule has 1 N–H and O–H groups in total. The topological polar surface area (TPSA) is 48.7 Å². The number of carbonyl (C=O) groups excluding carboxylic acids is 1. The Morgan fingerprint density at radius 1 is 1.03 bits per heavy atom. The number of halogens is 2. The van der Waals surface area contributed by atoms with Crippen LogP contribution < -0.4 is 4.90 Å². The quantitative estimate of drug-likeness (QED) is 0.418. The van der Waals surface area contributed by atoms with Gasteiger partial charge in [-0.1, -0.05) is 59.6 Å². The van der Waals surface area contributed by atoms with Crippen LogP contribution in [0.15, 0.2) is 54.6 Å². The fourth-order valence-electron chi connectivity index (χ4n) is 4.60. The predicted molar refractivity (Wildman–Crippen MR) is 140 cm³/mol. The molecule has 0 aliphatic carbocycles. The summed E-state index contributed by atoms with van der Waals surface area (Å²) in [6.07, 6.45) is 0.245. The third-order valence-corrected chi connectivity index (χ3v) is 7.53. The molecule has 7 heteroatoms. The molecular weight excluding hydrogens is 469 g/mol. The highest BCUT2D eigenvalue weighted by atomic mass is 35.5. The van der Waals surface area contributed by atoms with Gasteiger partial charge in [-0.3, -0.25) is 9.69 Å². The lowest BCUT2D eigenvalue weighted by Crippen LogP contribution is -2.48. The summed E-state index contributed by atoms with van der Waals surface area (Å²) < 4.78 is 2.06. The molecule has 1 saturated heterocycles. The lowest BCUT2D eigenvalue weighted by Gasteiger charge is -2.37. The van der Waals surface area contributed by atoms with Crippen molar-refractivity contribution < 1.29 is 9.90 Å². The highest BCUT2D eigenvalue weighted by Crippen LogP contribution is 2.33. The van der Waals surface area contributed by atoms with Crippen molar-refractivity contribution in [3.05, 3.63) is 75.9 Å². The van der Waals surface area contributed by atoms with Crippen molar-refractivity contribution >= 4 is 34.7 Å². The van der Waals surface area contributed by atoms with Gasteiger partial charge in [0.05, 0.1) is 21.8 Å². The maximum absolute atomic E-state index is 13.0. The minimum absolute atomic E-state index is 0.0785. The van der Waals surface area contributed by atoms with Gasteiger partial charge >= 0.3 is 0 Å². The first kappa shape index (κ1) is 24.8. The van der Waals surface area contributed by atoms with Gasteiger partial charge in [0.15, 0.2) is 5.78 Å². The van der Waals surface area contributed by atoms with Crippen molar-refractivity contribution in [1.82, 2.24) is 9.47 Å². The van der Waals surface area contributed by atoms with E-state index in [0.717, 1.165) is 54.4 Å². The van der Waals surface area contributed by atoms with Crippen LogP contribution in [0.5, 0.6) is 0 Å². The van der Waals surface area contributed by atoms with Gasteiger partial charge in [-0.2, -0.15) is 0 Å². The highest BCUT2D eigenvalue weighted by molar-refractivity contribution is 6.43. The molecule has 1 unspecified atom stereocenters. The first-order valence-electron chi connectivity index (χ1n) is 11.7. The summed E-state index contributed by atoms with van der Waals surface area (Å²) in [5.74, 6) is 0.0785. The number of ketones is 1. The molecule has 0 bridgehead atoms. The van der Waals surface area contributed by atoms with Crippen LogP contribution in [0, 0.1) is 6.92 Å². The molecule has 1 fully saturated rings. The Morgan fingerprint density at radius 3 is 2.44 bits per heavy atom. The SMILES string of the molecule is Cc1c(C(=O)CCC(O)CN2CCN(c3cccc(Cl)c3Cl)CC2)cc(-c2ccccc2)n1C. The van der Waals surface area contributed by atoms with Gasteiger partial charge in [0.1, 0.15) is 0 Å². The van der Waals surface area contributed by atoms with Gasteiger partial charge in [0.25, 0.3) is 0 Å². The molecule has 5 nitrogen and oxygen atoms in total. The van der Waals surface area contributed by atoms with Crippen molar-refractivity contribution in [3.8, 4) is 11.3 Å². The lowest BCUT2D eigenvalue weighted by atomic mass is 10.0. The number of nitrogens with zero attached hydrogens (tertiary/aromatic N) is 3. The van der Waals surface area contributed by atoms with Gasteiger partial charge in [0.2, 0.25) is 0 Å². The number of Topliss-reactive ketones (excluding diaryl/α,β-unsaturated/α-hetero) is 1. The van der Waals surface area contributed by atoms with E-state index in [2.05, 4.69) is 14.4 Å². The molecule has 1 aliphatic heterocycles. The largest absolute Gasteiger partial charge is 0.392 e. The molecule has 1 aromatic heterocycles.